The molecule has 0 spiro atoms. The molecule has 19 heteroatoms. The van der Waals surface area contributed by atoms with Gasteiger partial charge in [0.25, 0.3) is 0 Å². The highest BCUT2D eigenvalue weighted by atomic mass is 31.2. The SMILES string of the molecule is CCCCCCCCCCCCCCCCCCCCCCCCC(=O)O[C@H](COC(=O)CCCCCCCCCCCCCCCCCC)COP(=O)(O)OC[C@@H](O)COP(=O)(O)OC[C@@H](COC(=O)CCCCCCC)OC(=O)CCCCCCCCCCCCC(C)CC. The van der Waals surface area contributed by atoms with Crippen molar-refractivity contribution in [3.8, 4) is 0 Å². The minimum absolute atomic E-state index is 0.106. The molecule has 0 aromatic carbocycles. The lowest BCUT2D eigenvalue weighted by atomic mass is 9.99. The van der Waals surface area contributed by atoms with Crippen LogP contribution in [0.3, 0.4) is 0 Å². The van der Waals surface area contributed by atoms with E-state index in [0.717, 1.165) is 102 Å². The summed E-state index contributed by atoms with van der Waals surface area (Å²) in [6.45, 7) is 7.24. The fourth-order valence-corrected chi connectivity index (χ4v) is 13.6. The number of esters is 4. The van der Waals surface area contributed by atoms with Gasteiger partial charge in [-0.1, -0.05) is 362 Å². The fourth-order valence-electron chi connectivity index (χ4n) is 12.0. The molecular formula is C78H152O17P2. The van der Waals surface area contributed by atoms with E-state index in [-0.39, 0.29) is 25.7 Å². The minimum Gasteiger partial charge on any atom is -0.462 e. The number of hydrogen-bond donors (Lipinski definition) is 3. The Labute approximate surface area is 594 Å². The van der Waals surface area contributed by atoms with E-state index in [4.69, 9.17) is 37.0 Å². The first kappa shape index (κ1) is 95.1. The second-order valence-corrected chi connectivity index (χ2v) is 31.3. The van der Waals surface area contributed by atoms with Gasteiger partial charge in [0, 0.05) is 25.7 Å². The van der Waals surface area contributed by atoms with E-state index in [0.29, 0.717) is 25.7 Å². The summed E-state index contributed by atoms with van der Waals surface area (Å²) in [7, 11) is -9.90. The van der Waals surface area contributed by atoms with Gasteiger partial charge in [0.05, 0.1) is 26.4 Å². The molecule has 3 N–H and O–H groups in total. The molecule has 576 valence electrons. The van der Waals surface area contributed by atoms with Crippen molar-refractivity contribution in [1.82, 2.24) is 0 Å². The van der Waals surface area contributed by atoms with Crippen LogP contribution in [0.15, 0.2) is 0 Å². The normalized spacial score (nSPS) is 14.2. The number of rotatable bonds is 78. The van der Waals surface area contributed by atoms with Gasteiger partial charge in [0.1, 0.15) is 19.3 Å². The Morgan fingerprint density at radius 2 is 0.495 bits per heavy atom. The van der Waals surface area contributed by atoms with Gasteiger partial charge in [-0.2, -0.15) is 0 Å². The summed E-state index contributed by atoms with van der Waals surface area (Å²) in [5.41, 5.74) is 0. The van der Waals surface area contributed by atoms with Crippen LogP contribution >= 0.6 is 15.6 Å². The van der Waals surface area contributed by atoms with Crippen molar-refractivity contribution in [2.24, 2.45) is 5.92 Å². The summed E-state index contributed by atoms with van der Waals surface area (Å²) in [4.78, 5) is 72.6. The summed E-state index contributed by atoms with van der Waals surface area (Å²) >= 11 is 0. The van der Waals surface area contributed by atoms with Crippen LogP contribution in [-0.4, -0.2) is 96.7 Å². The predicted molar refractivity (Wildman–Crippen MR) is 395 cm³/mol. The average molecular weight is 1420 g/mol. The van der Waals surface area contributed by atoms with Crippen molar-refractivity contribution in [2.45, 2.75) is 432 Å². The molecule has 0 rings (SSSR count). The molecule has 17 nitrogen and oxygen atoms in total. The van der Waals surface area contributed by atoms with Crippen LogP contribution in [0.25, 0.3) is 0 Å². The van der Waals surface area contributed by atoms with Gasteiger partial charge in [0.15, 0.2) is 12.2 Å². The number of unbranched alkanes of at least 4 members (excludes halogenated alkanes) is 49. The molecule has 6 atom stereocenters. The molecule has 97 heavy (non-hydrogen) atoms. The summed E-state index contributed by atoms with van der Waals surface area (Å²) in [6, 6.07) is 0. The quantitative estimate of drug-likeness (QED) is 0.0222. The van der Waals surface area contributed by atoms with Gasteiger partial charge in [-0.05, 0) is 31.6 Å². The van der Waals surface area contributed by atoms with Crippen molar-refractivity contribution in [2.75, 3.05) is 39.6 Å². The van der Waals surface area contributed by atoms with Crippen molar-refractivity contribution >= 4 is 39.5 Å². The number of hydrogen-bond acceptors (Lipinski definition) is 15. The van der Waals surface area contributed by atoms with Crippen LogP contribution in [0.1, 0.15) is 413 Å². The predicted octanol–water partition coefficient (Wildman–Crippen LogP) is 23.3. The summed E-state index contributed by atoms with van der Waals surface area (Å²) in [5.74, 6) is -1.32. The number of carbonyl (C=O) groups excluding carboxylic acids is 4. The highest BCUT2D eigenvalue weighted by Crippen LogP contribution is 2.45. The van der Waals surface area contributed by atoms with Crippen LogP contribution in [0, 0.1) is 5.92 Å². The highest BCUT2D eigenvalue weighted by molar-refractivity contribution is 7.47. The zero-order valence-corrected chi connectivity index (χ0v) is 65.0. The number of phosphoric ester groups is 2. The fraction of sp³-hybridized carbons (Fsp3) is 0.949. The van der Waals surface area contributed by atoms with Crippen LogP contribution in [0.2, 0.25) is 0 Å². The van der Waals surface area contributed by atoms with Gasteiger partial charge in [-0.15, -0.1) is 0 Å². The lowest BCUT2D eigenvalue weighted by molar-refractivity contribution is -0.161. The first-order chi connectivity index (χ1) is 47.1. The summed E-state index contributed by atoms with van der Waals surface area (Å²) in [6.07, 6.45) is 61.5. The molecular weight excluding hydrogens is 1270 g/mol. The monoisotopic (exact) mass is 1420 g/mol. The third-order valence-corrected chi connectivity index (χ3v) is 20.5. The first-order valence-corrected chi connectivity index (χ1v) is 43.7. The average Bonchev–Trinajstić information content (AvgIpc) is 1.58. The largest absolute Gasteiger partial charge is 0.472 e. The number of ether oxygens (including phenoxy) is 4. The number of carbonyl (C=O) groups is 4. The molecule has 0 aromatic rings. The molecule has 0 radical (unpaired) electrons. The Hall–Kier alpha value is -1.94. The summed E-state index contributed by atoms with van der Waals surface area (Å²) in [5, 5.41) is 10.6. The van der Waals surface area contributed by atoms with Crippen molar-refractivity contribution in [3.63, 3.8) is 0 Å². The highest BCUT2D eigenvalue weighted by Gasteiger charge is 2.30. The van der Waals surface area contributed by atoms with E-state index in [2.05, 4.69) is 34.6 Å². The maximum absolute atomic E-state index is 13.1. The van der Waals surface area contributed by atoms with Gasteiger partial charge >= 0.3 is 39.5 Å². The Morgan fingerprint density at radius 3 is 0.732 bits per heavy atom. The molecule has 3 unspecified atom stereocenters. The third-order valence-electron chi connectivity index (χ3n) is 18.6. The molecule has 0 aromatic heterocycles. The van der Waals surface area contributed by atoms with Gasteiger partial charge in [-0.3, -0.25) is 37.3 Å². The maximum atomic E-state index is 13.1. The van der Waals surface area contributed by atoms with Gasteiger partial charge in [0.2, 0.25) is 0 Å². The summed E-state index contributed by atoms with van der Waals surface area (Å²) < 4.78 is 68.4. The molecule has 0 heterocycles. The van der Waals surface area contributed by atoms with E-state index < -0.39 is 97.5 Å². The van der Waals surface area contributed by atoms with E-state index in [1.54, 1.807) is 0 Å². The zero-order chi connectivity index (χ0) is 71.2. The minimum atomic E-state index is -4.96. The number of aliphatic hydroxyl groups is 1. The van der Waals surface area contributed by atoms with Gasteiger partial charge < -0.3 is 33.8 Å². The Balaban J connectivity index is 5.11. The maximum Gasteiger partial charge on any atom is 0.472 e. The lowest BCUT2D eigenvalue weighted by Crippen LogP contribution is -2.30. The van der Waals surface area contributed by atoms with Crippen LogP contribution in [0.4, 0.5) is 0 Å². The second kappa shape index (κ2) is 71.1. The molecule has 0 aliphatic rings. The second-order valence-electron chi connectivity index (χ2n) is 28.3. The number of phosphoric acid groups is 2. The van der Waals surface area contributed by atoms with Crippen LogP contribution in [-0.2, 0) is 65.4 Å². The van der Waals surface area contributed by atoms with E-state index >= 15 is 0 Å². The van der Waals surface area contributed by atoms with Crippen molar-refractivity contribution in [3.05, 3.63) is 0 Å². The molecule has 0 aliphatic carbocycles. The zero-order valence-electron chi connectivity index (χ0n) is 63.2. The molecule has 0 aliphatic heterocycles. The molecule has 0 saturated heterocycles. The smallest absolute Gasteiger partial charge is 0.462 e. The third kappa shape index (κ3) is 70.9. The first-order valence-electron chi connectivity index (χ1n) is 40.7. The topological polar surface area (TPSA) is 237 Å². The number of aliphatic hydroxyl groups excluding tert-OH is 1. The Bertz CT molecular complexity index is 1860. The van der Waals surface area contributed by atoms with Gasteiger partial charge in [-0.25, -0.2) is 9.13 Å². The molecule has 0 bridgehead atoms. The standard InChI is InChI=1S/C78H152O17P2/c1-6-10-13-16-18-20-22-24-26-28-29-30-31-32-33-35-37-39-44-48-53-58-63-78(83)95-74(68-89-76(81)62-57-52-47-43-38-36-34-27-25-23-21-19-17-14-11-7-2)70-93-97(86,87)91-66-72(79)65-90-96(84,85)92-69-73(67-88-75(80)61-56-50-15-12-8-3)94-77(82)64-59-54-49-45-41-40-42-46-51-55-60-71(5)9-4/h71-74,79H,6-70H2,1-5H3,(H,84,85)(H,86,87)/t71?,72-,73+,74+/m0/s1. The van der Waals surface area contributed by atoms with Crippen LogP contribution < -0.4 is 0 Å². The van der Waals surface area contributed by atoms with Crippen molar-refractivity contribution in [1.29, 1.82) is 0 Å². The molecule has 0 fully saturated rings. The Kier molecular flexibility index (Phi) is 69.6. The Morgan fingerprint density at radius 1 is 0.289 bits per heavy atom. The molecule has 0 saturated carbocycles. The van der Waals surface area contributed by atoms with Crippen molar-refractivity contribution < 1.29 is 80.2 Å². The van der Waals surface area contributed by atoms with E-state index in [1.165, 1.54) is 231 Å². The van der Waals surface area contributed by atoms with Crippen LogP contribution in [0.5, 0.6) is 0 Å². The van der Waals surface area contributed by atoms with E-state index in [1.807, 2.05) is 0 Å². The molecule has 0 amide bonds. The lowest BCUT2D eigenvalue weighted by Gasteiger charge is -2.21. The van der Waals surface area contributed by atoms with E-state index in [9.17, 15) is 43.2 Å².